The van der Waals surface area contributed by atoms with E-state index in [1.54, 1.807) is 12.1 Å². The minimum atomic E-state index is -0.590. The van der Waals surface area contributed by atoms with Crippen molar-refractivity contribution in [3.05, 3.63) is 66.2 Å². The van der Waals surface area contributed by atoms with E-state index in [-0.39, 0.29) is 16.6 Å². The molecular formula is C14H10ClIN2O3. The molecule has 21 heavy (non-hydrogen) atoms. The summed E-state index contributed by atoms with van der Waals surface area (Å²) in [6.45, 7) is 1.95. The van der Waals surface area contributed by atoms with Crippen molar-refractivity contribution in [2.75, 3.05) is 5.32 Å². The predicted octanol–water partition coefficient (Wildman–Crippen LogP) is 4.41. The van der Waals surface area contributed by atoms with E-state index in [2.05, 4.69) is 27.9 Å². The number of nitrogens with zero attached hydrogens (tertiary/aromatic N) is 1. The number of rotatable bonds is 3. The second-order valence-electron chi connectivity index (χ2n) is 4.34. The lowest BCUT2D eigenvalue weighted by Crippen LogP contribution is -2.12. The number of carbonyl (C=O) groups excluding carboxylic acids is 1. The summed E-state index contributed by atoms with van der Waals surface area (Å²) in [6, 6.07) is 9.45. The van der Waals surface area contributed by atoms with Crippen LogP contribution in [0.25, 0.3) is 0 Å². The van der Waals surface area contributed by atoms with Crippen LogP contribution in [0.1, 0.15) is 15.9 Å². The number of anilines is 1. The summed E-state index contributed by atoms with van der Waals surface area (Å²) in [5.74, 6) is -0.329. The van der Waals surface area contributed by atoms with Gasteiger partial charge in [-0.2, -0.15) is 0 Å². The molecule has 0 aliphatic rings. The Balaban J connectivity index is 2.25. The normalized spacial score (nSPS) is 10.2. The van der Waals surface area contributed by atoms with Gasteiger partial charge in [-0.05, 0) is 59.3 Å². The molecule has 2 aromatic carbocycles. The van der Waals surface area contributed by atoms with Crippen LogP contribution in [0, 0.1) is 20.6 Å². The number of nitro groups is 1. The Hall–Kier alpha value is -1.67. The molecule has 2 rings (SSSR count). The van der Waals surface area contributed by atoms with Crippen LogP contribution in [0.5, 0.6) is 0 Å². The van der Waals surface area contributed by atoms with Gasteiger partial charge in [0.2, 0.25) is 0 Å². The summed E-state index contributed by atoms with van der Waals surface area (Å²) in [6.07, 6.45) is 0. The Morgan fingerprint density at radius 2 is 2.00 bits per heavy atom. The van der Waals surface area contributed by atoms with Gasteiger partial charge in [0.05, 0.1) is 4.92 Å². The fourth-order valence-corrected chi connectivity index (χ4v) is 2.37. The molecule has 0 unspecified atom stereocenters. The molecule has 0 radical (unpaired) electrons. The fraction of sp³-hybridized carbons (Fsp3) is 0.0714. The lowest BCUT2D eigenvalue weighted by Gasteiger charge is -2.07. The lowest BCUT2D eigenvalue weighted by molar-refractivity contribution is -0.384. The van der Waals surface area contributed by atoms with Gasteiger partial charge in [-0.3, -0.25) is 14.9 Å². The number of aryl methyl sites for hydroxylation is 1. The van der Waals surface area contributed by atoms with Gasteiger partial charge in [0.25, 0.3) is 11.6 Å². The zero-order valence-electron chi connectivity index (χ0n) is 10.9. The van der Waals surface area contributed by atoms with E-state index in [1.165, 1.54) is 18.2 Å². The molecule has 0 aliphatic heterocycles. The first-order valence-electron chi connectivity index (χ1n) is 5.90. The molecule has 0 heterocycles. The molecule has 0 atom stereocenters. The number of nitrogens with one attached hydrogen (secondary N) is 1. The van der Waals surface area contributed by atoms with Gasteiger partial charge >= 0.3 is 0 Å². The largest absolute Gasteiger partial charge is 0.322 e. The number of carbonyl (C=O) groups is 1. The molecule has 7 heteroatoms. The van der Waals surface area contributed by atoms with E-state index in [9.17, 15) is 14.9 Å². The average Bonchev–Trinajstić information content (AvgIpc) is 2.43. The quantitative estimate of drug-likeness (QED) is 0.457. The summed E-state index contributed by atoms with van der Waals surface area (Å²) in [4.78, 5) is 22.4. The topological polar surface area (TPSA) is 72.2 Å². The second-order valence-corrected chi connectivity index (χ2v) is 5.91. The van der Waals surface area contributed by atoms with Gasteiger partial charge in [-0.25, -0.2) is 0 Å². The van der Waals surface area contributed by atoms with Crippen molar-refractivity contribution in [1.29, 1.82) is 0 Å². The molecule has 0 fully saturated rings. The van der Waals surface area contributed by atoms with Crippen LogP contribution >= 0.6 is 34.2 Å². The Bertz CT molecular complexity index is 734. The number of hydrogen-bond donors (Lipinski definition) is 1. The summed E-state index contributed by atoms with van der Waals surface area (Å²) in [7, 11) is 0. The van der Waals surface area contributed by atoms with Crippen LogP contribution < -0.4 is 5.32 Å². The third-order valence-corrected chi connectivity index (χ3v) is 4.32. The zero-order valence-corrected chi connectivity index (χ0v) is 13.8. The second kappa shape index (κ2) is 6.40. The highest BCUT2D eigenvalue weighted by Gasteiger charge is 2.14. The van der Waals surface area contributed by atoms with Crippen molar-refractivity contribution in [3.8, 4) is 0 Å². The molecule has 0 aromatic heterocycles. The lowest BCUT2D eigenvalue weighted by atomic mass is 10.1. The zero-order chi connectivity index (χ0) is 15.6. The number of benzene rings is 2. The molecule has 2 aromatic rings. The smallest absolute Gasteiger partial charge is 0.289 e. The van der Waals surface area contributed by atoms with Crippen LogP contribution in [0.15, 0.2) is 36.4 Å². The number of halogens is 2. The Kier molecular flexibility index (Phi) is 4.79. The van der Waals surface area contributed by atoms with Crippen molar-refractivity contribution in [2.45, 2.75) is 6.92 Å². The van der Waals surface area contributed by atoms with Gasteiger partial charge in [-0.1, -0.05) is 17.7 Å². The highest BCUT2D eigenvalue weighted by atomic mass is 127. The Morgan fingerprint density at radius 1 is 1.29 bits per heavy atom. The minimum absolute atomic E-state index is 0.0304. The van der Waals surface area contributed by atoms with Crippen LogP contribution in [0.2, 0.25) is 5.02 Å². The van der Waals surface area contributed by atoms with E-state index in [0.29, 0.717) is 11.3 Å². The van der Waals surface area contributed by atoms with Gasteiger partial charge in [0.1, 0.15) is 5.02 Å². The molecule has 1 amide bonds. The molecule has 0 saturated heterocycles. The minimum Gasteiger partial charge on any atom is -0.322 e. The van der Waals surface area contributed by atoms with Gasteiger partial charge in [-0.15, -0.1) is 0 Å². The summed E-state index contributed by atoms with van der Waals surface area (Å²) in [5, 5.41) is 13.5. The Labute approximate surface area is 139 Å². The first-order valence-corrected chi connectivity index (χ1v) is 7.35. The first kappa shape index (κ1) is 15.7. The third-order valence-electron chi connectivity index (χ3n) is 2.83. The van der Waals surface area contributed by atoms with Gasteiger partial charge < -0.3 is 5.32 Å². The van der Waals surface area contributed by atoms with Crippen molar-refractivity contribution in [3.63, 3.8) is 0 Å². The van der Waals surface area contributed by atoms with Gasteiger partial charge in [0.15, 0.2) is 0 Å². The molecule has 0 saturated carbocycles. The maximum Gasteiger partial charge on any atom is 0.289 e. The summed E-state index contributed by atoms with van der Waals surface area (Å²) >= 11 is 7.87. The molecule has 0 aliphatic carbocycles. The summed E-state index contributed by atoms with van der Waals surface area (Å²) in [5.41, 5.74) is 1.65. The van der Waals surface area contributed by atoms with Crippen LogP contribution in [-0.4, -0.2) is 10.8 Å². The highest BCUT2D eigenvalue weighted by molar-refractivity contribution is 14.1. The van der Waals surface area contributed by atoms with Crippen LogP contribution in [0.4, 0.5) is 11.4 Å². The maximum absolute atomic E-state index is 12.1. The molecule has 1 N–H and O–H groups in total. The van der Waals surface area contributed by atoms with Crippen molar-refractivity contribution < 1.29 is 9.72 Å². The van der Waals surface area contributed by atoms with E-state index in [4.69, 9.17) is 11.6 Å². The van der Waals surface area contributed by atoms with E-state index in [1.807, 2.05) is 13.0 Å². The van der Waals surface area contributed by atoms with Crippen molar-refractivity contribution in [1.82, 2.24) is 0 Å². The maximum atomic E-state index is 12.1. The van der Waals surface area contributed by atoms with E-state index < -0.39 is 4.92 Å². The standard InChI is InChI=1S/C14H10ClIN2O3/c1-8-2-3-9(6-12(8)16)14(19)17-10-4-5-11(15)13(7-10)18(20)21/h2-7H,1H3,(H,17,19). The molecular weight excluding hydrogens is 407 g/mol. The SMILES string of the molecule is Cc1ccc(C(=O)Nc2ccc(Cl)c([N+](=O)[O-])c2)cc1I. The molecule has 0 bridgehead atoms. The van der Waals surface area contributed by atoms with E-state index in [0.717, 1.165) is 9.13 Å². The monoisotopic (exact) mass is 416 g/mol. The predicted molar refractivity (Wildman–Crippen MR) is 90.0 cm³/mol. The molecule has 108 valence electrons. The van der Waals surface area contributed by atoms with Crippen LogP contribution in [-0.2, 0) is 0 Å². The molecule has 0 spiro atoms. The van der Waals surface area contributed by atoms with Crippen molar-refractivity contribution >= 4 is 51.5 Å². The highest BCUT2D eigenvalue weighted by Crippen LogP contribution is 2.27. The average molecular weight is 417 g/mol. The molecule has 5 nitrogen and oxygen atoms in total. The van der Waals surface area contributed by atoms with Crippen LogP contribution in [0.3, 0.4) is 0 Å². The van der Waals surface area contributed by atoms with Crippen molar-refractivity contribution in [2.24, 2.45) is 0 Å². The number of nitro benzene ring substituents is 1. The summed E-state index contributed by atoms with van der Waals surface area (Å²) < 4.78 is 0.974. The Morgan fingerprint density at radius 3 is 2.62 bits per heavy atom. The van der Waals surface area contributed by atoms with Gasteiger partial charge in [0, 0.05) is 20.9 Å². The first-order chi connectivity index (χ1) is 9.88. The van der Waals surface area contributed by atoms with E-state index >= 15 is 0 Å². The third kappa shape index (κ3) is 3.70. The number of hydrogen-bond acceptors (Lipinski definition) is 3. The number of amides is 1. The fourth-order valence-electron chi connectivity index (χ4n) is 1.67.